The van der Waals surface area contributed by atoms with Crippen LogP contribution in [0.25, 0.3) is 0 Å². The summed E-state index contributed by atoms with van der Waals surface area (Å²) in [6.07, 6.45) is 0.388. The van der Waals surface area contributed by atoms with Gasteiger partial charge in [-0.1, -0.05) is 0 Å². The molecule has 0 aliphatic carbocycles. The Morgan fingerprint density at radius 3 is 2.28 bits per heavy atom. The van der Waals surface area contributed by atoms with Gasteiger partial charge in [-0.05, 0) is 67.8 Å². The Morgan fingerprint density at radius 1 is 1.03 bits per heavy atom. The number of carbonyl (C=O) groups excluding carboxylic acids is 1. The molecule has 0 radical (unpaired) electrons. The number of rotatable bonds is 8. The Bertz CT molecular complexity index is 1000. The quantitative estimate of drug-likeness (QED) is 0.474. The zero-order valence-electron chi connectivity index (χ0n) is 17.1. The molecule has 0 aromatic heterocycles. The Kier molecular flexibility index (Phi) is 8.13. The highest BCUT2D eigenvalue weighted by Crippen LogP contribution is 2.23. The van der Waals surface area contributed by atoms with Crippen LogP contribution in [0.3, 0.4) is 0 Å². The van der Waals surface area contributed by atoms with Gasteiger partial charge in [-0.3, -0.25) is 0 Å². The molecule has 0 bridgehead atoms. The summed E-state index contributed by atoms with van der Waals surface area (Å²) >= 11 is 0. The molecule has 1 aliphatic heterocycles. The number of anilines is 1. The topological polar surface area (TPSA) is 117 Å². The van der Waals surface area contributed by atoms with Gasteiger partial charge in [0.25, 0.3) is 0 Å². The number of nitrogens with one attached hydrogen (secondary N) is 3. The van der Waals surface area contributed by atoms with Gasteiger partial charge in [0, 0.05) is 12.2 Å². The molecule has 1 saturated heterocycles. The minimum atomic E-state index is -3.89. The largest absolute Gasteiger partial charge is 0.394 e. The summed E-state index contributed by atoms with van der Waals surface area (Å²) in [5.74, 6) is -0.942. The van der Waals surface area contributed by atoms with Crippen LogP contribution in [-0.4, -0.2) is 51.0 Å². The number of aliphatic hydroxyl groups is 1. The van der Waals surface area contributed by atoms with E-state index in [4.69, 9.17) is 4.74 Å². The van der Waals surface area contributed by atoms with Gasteiger partial charge >= 0.3 is 6.03 Å². The minimum absolute atomic E-state index is 0.0749. The van der Waals surface area contributed by atoms with Crippen molar-refractivity contribution < 1.29 is 31.8 Å². The van der Waals surface area contributed by atoms with E-state index in [2.05, 4.69) is 15.4 Å². The number of urea groups is 1. The first kappa shape index (κ1) is 24.1. The van der Waals surface area contributed by atoms with Crippen molar-refractivity contribution in [2.75, 3.05) is 18.5 Å². The molecule has 8 nitrogen and oxygen atoms in total. The van der Waals surface area contributed by atoms with Gasteiger partial charge in [-0.25, -0.2) is 26.7 Å². The molecule has 1 fully saturated rings. The van der Waals surface area contributed by atoms with E-state index in [1.807, 2.05) is 0 Å². The van der Waals surface area contributed by atoms with Crippen LogP contribution in [0.15, 0.2) is 53.4 Å². The van der Waals surface area contributed by atoms with Crippen LogP contribution in [0, 0.1) is 11.6 Å². The molecule has 11 heteroatoms. The van der Waals surface area contributed by atoms with Crippen molar-refractivity contribution in [1.29, 1.82) is 0 Å². The van der Waals surface area contributed by atoms with Gasteiger partial charge in [-0.2, -0.15) is 0 Å². The Morgan fingerprint density at radius 2 is 1.66 bits per heavy atom. The van der Waals surface area contributed by atoms with Crippen LogP contribution < -0.4 is 15.4 Å². The van der Waals surface area contributed by atoms with Gasteiger partial charge in [0.1, 0.15) is 11.6 Å². The number of carbonyl (C=O) groups is 1. The summed E-state index contributed by atoms with van der Waals surface area (Å²) in [7, 11) is -3.89. The van der Waals surface area contributed by atoms with Crippen LogP contribution in [0.5, 0.6) is 0 Å². The van der Waals surface area contributed by atoms with Crippen molar-refractivity contribution in [2.24, 2.45) is 0 Å². The summed E-state index contributed by atoms with van der Waals surface area (Å²) in [5.41, 5.74) is 0.453. The lowest BCUT2D eigenvalue weighted by Crippen LogP contribution is -2.51. The van der Waals surface area contributed by atoms with E-state index in [-0.39, 0.29) is 17.6 Å². The van der Waals surface area contributed by atoms with E-state index >= 15 is 0 Å². The normalized spacial score (nSPS) is 21.2. The molecule has 32 heavy (non-hydrogen) atoms. The fourth-order valence-electron chi connectivity index (χ4n) is 3.42. The molecule has 2 aromatic rings. The van der Waals surface area contributed by atoms with Crippen LogP contribution in [0.2, 0.25) is 0 Å². The van der Waals surface area contributed by atoms with Crippen molar-refractivity contribution in [2.45, 2.75) is 42.4 Å². The summed E-state index contributed by atoms with van der Waals surface area (Å²) in [5, 5.41) is 14.9. The van der Waals surface area contributed by atoms with Gasteiger partial charge in [0.2, 0.25) is 10.0 Å². The van der Waals surface area contributed by atoms with Gasteiger partial charge < -0.3 is 20.5 Å². The third-order valence-corrected chi connectivity index (χ3v) is 6.59. The monoisotopic (exact) mass is 469 g/mol. The average Bonchev–Trinajstić information content (AvgIpc) is 2.76. The van der Waals surface area contributed by atoms with Crippen LogP contribution in [0.4, 0.5) is 19.3 Å². The van der Waals surface area contributed by atoms with Crippen molar-refractivity contribution in [3.63, 3.8) is 0 Å². The van der Waals surface area contributed by atoms with Gasteiger partial charge in [0.15, 0.2) is 0 Å². The third kappa shape index (κ3) is 6.70. The molecule has 0 saturated carbocycles. The molecule has 2 amide bonds. The summed E-state index contributed by atoms with van der Waals surface area (Å²) < 4.78 is 59.3. The van der Waals surface area contributed by atoms with E-state index in [9.17, 15) is 27.1 Å². The number of benzene rings is 2. The lowest BCUT2D eigenvalue weighted by molar-refractivity contribution is -0.0871. The highest BCUT2D eigenvalue weighted by Gasteiger charge is 2.33. The smallest absolute Gasteiger partial charge is 0.319 e. The SMILES string of the molecule is O=C(NCC[C@H]1CC[C@H](NS(=O)(=O)c2ccc(F)cc2)[C@@H](CO)O1)Nc1ccc(F)cc1. The van der Waals surface area contributed by atoms with Gasteiger partial charge in [-0.15, -0.1) is 0 Å². The molecule has 3 atom stereocenters. The summed E-state index contributed by atoms with van der Waals surface area (Å²) in [4.78, 5) is 11.9. The molecule has 174 valence electrons. The summed E-state index contributed by atoms with van der Waals surface area (Å²) in [6, 6.07) is 8.73. The second kappa shape index (κ2) is 10.8. The molecular formula is C21H25F2N3O5S. The maximum Gasteiger partial charge on any atom is 0.319 e. The van der Waals surface area contributed by atoms with Crippen LogP contribution in [-0.2, 0) is 14.8 Å². The highest BCUT2D eigenvalue weighted by atomic mass is 32.2. The molecule has 1 heterocycles. The zero-order valence-corrected chi connectivity index (χ0v) is 17.9. The number of aliphatic hydroxyl groups excluding tert-OH is 1. The number of hydrogen-bond acceptors (Lipinski definition) is 5. The van der Waals surface area contributed by atoms with Gasteiger partial charge in [0.05, 0.1) is 29.8 Å². The Labute approximate surface area is 185 Å². The first-order chi connectivity index (χ1) is 15.3. The second-order valence-corrected chi connectivity index (χ2v) is 9.13. The predicted octanol–water partition coefficient (Wildman–Crippen LogP) is 2.36. The fourth-order valence-corrected chi connectivity index (χ4v) is 4.71. The van der Waals surface area contributed by atoms with E-state index in [0.717, 1.165) is 12.1 Å². The maximum absolute atomic E-state index is 13.1. The van der Waals surface area contributed by atoms with Crippen molar-refractivity contribution in [1.82, 2.24) is 10.0 Å². The van der Waals surface area contributed by atoms with E-state index in [0.29, 0.717) is 31.5 Å². The van der Waals surface area contributed by atoms with Crippen molar-refractivity contribution in [3.05, 3.63) is 60.2 Å². The number of ether oxygens (including phenoxy) is 1. The molecular weight excluding hydrogens is 444 g/mol. The number of hydrogen-bond donors (Lipinski definition) is 4. The molecule has 4 N–H and O–H groups in total. The summed E-state index contributed by atoms with van der Waals surface area (Å²) in [6.45, 7) is -0.0899. The molecule has 3 rings (SSSR count). The maximum atomic E-state index is 13.1. The first-order valence-corrected chi connectivity index (χ1v) is 11.6. The fraction of sp³-hybridized carbons (Fsp3) is 0.381. The standard InChI is InChI=1S/C21H25F2N3O5S/c22-14-1-5-16(6-2-14)25-21(28)24-12-11-17-7-10-19(20(13-27)31-17)26-32(29,30)18-8-3-15(23)4-9-18/h1-6,8-9,17,19-20,26-27H,7,10-13H2,(H2,24,25,28)/t17-,19+,20-/m1/s1. The Hall–Kier alpha value is -2.60. The number of amides is 2. The molecule has 1 aliphatic rings. The highest BCUT2D eigenvalue weighted by molar-refractivity contribution is 7.89. The van der Waals surface area contributed by atoms with E-state index < -0.39 is 39.8 Å². The van der Waals surface area contributed by atoms with Crippen molar-refractivity contribution in [3.8, 4) is 0 Å². The van der Waals surface area contributed by atoms with Crippen molar-refractivity contribution >= 4 is 21.7 Å². The minimum Gasteiger partial charge on any atom is -0.394 e. The lowest BCUT2D eigenvalue weighted by Gasteiger charge is -2.36. The number of halogens is 2. The second-order valence-electron chi connectivity index (χ2n) is 7.41. The number of sulfonamides is 1. The van der Waals surface area contributed by atoms with E-state index in [1.54, 1.807) is 0 Å². The Balaban J connectivity index is 1.46. The molecule has 0 unspecified atom stereocenters. The molecule has 2 aromatic carbocycles. The third-order valence-electron chi connectivity index (χ3n) is 5.08. The van der Waals surface area contributed by atoms with Crippen LogP contribution >= 0.6 is 0 Å². The molecule has 0 spiro atoms. The lowest BCUT2D eigenvalue weighted by atomic mass is 9.98. The zero-order chi connectivity index (χ0) is 23.1. The van der Waals surface area contributed by atoms with Crippen LogP contribution in [0.1, 0.15) is 19.3 Å². The first-order valence-electron chi connectivity index (χ1n) is 10.1. The van der Waals surface area contributed by atoms with E-state index in [1.165, 1.54) is 36.4 Å². The predicted molar refractivity (Wildman–Crippen MR) is 114 cm³/mol. The average molecular weight is 470 g/mol.